The third kappa shape index (κ3) is 4.73. The van der Waals surface area contributed by atoms with Gasteiger partial charge in [-0.05, 0) is 30.5 Å². The summed E-state index contributed by atoms with van der Waals surface area (Å²) in [5.41, 5.74) is 1.30. The van der Waals surface area contributed by atoms with E-state index in [1.807, 2.05) is 25.3 Å². The van der Waals surface area contributed by atoms with Crippen LogP contribution < -0.4 is 22.3 Å². The number of aryl methyl sites for hydroxylation is 2. The Hall–Kier alpha value is -3.89. The van der Waals surface area contributed by atoms with Crippen LogP contribution in [0.1, 0.15) is 45.9 Å². The summed E-state index contributed by atoms with van der Waals surface area (Å²) in [6.45, 7) is 7.10. The van der Waals surface area contributed by atoms with Gasteiger partial charge in [0.1, 0.15) is 5.82 Å². The van der Waals surface area contributed by atoms with Crippen LogP contribution in [0.4, 0.5) is 5.69 Å². The zero-order valence-corrected chi connectivity index (χ0v) is 19.5. The van der Waals surface area contributed by atoms with E-state index in [0.29, 0.717) is 53.2 Å². The second kappa shape index (κ2) is 9.54. The zero-order valence-electron chi connectivity index (χ0n) is 19.5. The van der Waals surface area contributed by atoms with Gasteiger partial charge in [-0.2, -0.15) is 0 Å². The number of amides is 1. The van der Waals surface area contributed by atoms with Gasteiger partial charge in [0.15, 0.2) is 11.2 Å². The summed E-state index contributed by atoms with van der Waals surface area (Å²) in [5, 5.41) is 2.83. The number of rotatable bonds is 9. The molecule has 180 valence electrons. The molecule has 1 amide bonds. The highest BCUT2D eigenvalue weighted by atomic mass is 16.2. The zero-order chi connectivity index (χ0) is 24.4. The number of unbranched alkanes of at least 4 members (excludes halogenated alkanes) is 1. The monoisotopic (exact) mass is 467 g/mol. The number of carbonyl (C=O) groups excluding carboxylic acids is 1. The van der Waals surface area contributed by atoms with E-state index < -0.39 is 11.2 Å². The molecule has 3 aromatic heterocycles. The van der Waals surface area contributed by atoms with E-state index in [0.717, 1.165) is 12.8 Å². The molecule has 4 rings (SSSR count). The number of carbonyl (C=O) groups is 1. The fraction of sp³-hybridized carbons (Fsp3) is 0.435. The van der Waals surface area contributed by atoms with Gasteiger partial charge in [0, 0.05) is 31.6 Å². The number of H-pyrrole nitrogens is 3. The van der Waals surface area contributed by atoms with E-state index in [2.05, 4.69) is 25.3 Å². The lowest BCUT2D eigenvalue weighted by atomic mass is 10.2. The number of benzene rings is 1. The first-order chi connectivity index (χ1) is 16.3. The molecule has 0 bridgehead atoms. The molecule has 0 saturated heterocycles. The van der Waals surface area contributed by atoms with Crippen LogP contribution in [0.3, 0.4) is 0 Å². The smallest absolute Gasteiger partial charge is 0.326 e. The van der Waals surface area contributed by atoms with Crippen molar-refractivity contribution in [3.8, 4) is 0 Å². The van der Waals surface area contributed by atoms with Crippen LogP contribution in [0.15, 0.2) is 32.6 Å². The highest BCUT2D eigenvalue weighted by molar-refractivity contribution is 5.93. The minimum atomic E-state index is -0.470. The van der Waals surface area contributed by atoms with E-state index in [1.54, 1.807) is 18.2 Å². The Balaban J connectivity index is 1.61. The average molecular weight is 468 g/mol. The molecular weight excluding hydrogens is 438 g/mol. The predicted octanol–water partition coefficient (Wildman–Crippen LogP) is 2.08. The molecular formula is C23H29N7O4. The first-order valence-electron chi connectivity index (χ1n) is 11.5. The lowest BCUT2D eigenvalue weighted by Crippen LogP contribution is -2.31. The number of nitrogens with zero attached hydrogens (tertiary/aromatic N) is 3. The second-order valence-electron chi connectivity index (χ2n) is 8.86. The molecule has 1 aromatic carbocycles. The molecule has 0 atom stereocenters. The summed E-state index contributed by atoms with van der Waals surface area (Å²) in [4.78, 5) is 61.6. The number of hydrogen-bond acceptors (Lipinski definition) is 5. The third-order valence-electron chi connectivity index (χ3n) is 5.62. The van der Waals surface area contributed by atoms with E-state index in [-0.39, 0.29) is 23.9 Å². The molecule has 0 aliphatic rings. The SMILES string of the molecule is CCCCn1c(=O)[nH]c(=O)c2c1nc(CCC(=O)Nc1ccc3[nH]c(=O)[nH]c3c1)n2CC(C)C. The number of fused-ring (bicyclic) bond motifs is 2. The Kier molecular flexibility index (Phi) is 6.53. The normalized spacial score (nSPS) is 11.6. The molecule has 0 spiro atoms. The van der Waals surface area contributed by atoms with Gasteiger partial charge in [0.05, 0.1) is 11.0 Å². The van der Waals surface area contributed by atoms with Gasteiger partial charge in [-0.15, -0.1) is 0 Å². The van der Waals surface area contributed by atoms with Gasteiger partial charge in [-0.1, -0.05) is 27.2 Å². The second-order valence-corrected chi connectivity index (χ2v) is 8.86. The maximum Gasteiger partial charge on any atom is 0.330 e. The quantitative estimate of drug-likeness (QED) is 0.297. The van der Waals surface area contributed by atoms with Crippen LogP contribution >= 0.6 is 0 Å². The van der Waals surface area contributed by atoms with Crippen molar-refractivity contribution in [2.75, 3.05) is 5.32 Å². The lowest BCUT2D eigenvalue weighted by molar-refractivity contribution is -0.116. The Bertz CT molecular complexity index is 1520. The minimum Gasteiger partial charge on any atom is -0.326 e. The Morgan fingerprint density at radius 2 is 1.85 bits per heavy atom. The van der Waals surface area contributed by atoms with Crippen molar-refractivity contribution in [2.24, 2.45) is 5.92 Å². The molecule has 34 heavy (non-hydrogen) atoms. The van der Waals surface area contributed by atoms with Gasteiger partial charge in [0.25, 0.3) is 5.56 Å². The highest BCUT2D eigenvalue weighted by Gasteiger charge is 2.20. The largest absolute Gasteiger partial charge is 0.330 e. The van der Waals surface area contributed by atoms with Crippen molar-refractivity contribution < 1.29 is 4.79 Å². The van der Waals surface area contributed by atoms with Crippen molar-refractivity contribution in [1.29, 1.82) is 0 Å². The van der Waals surface area contributed by atoms with E-state index in [9.17, 15) is 19.2 Å². The molecule has 11 nitrogen and oxygen atoms in total. The van der Waals surface area contributed by atoms with Crippen molar-refractivity contribution in [3.05, 3.63) is 55.3 Å². The molecule has 11 heteroatoms. The van der Waals surface area contributed by atoms with Crippen LogP contribution in [0.5, 0.6) is 0 Å². The Labute approximate surface area is 194 Å². The van der Waals surface area contributed by atoms with Crippen molar-refractivity contribution in [1.82, 2.24) is 29.1 Å². The summed E-state index contributed by atoms with van der Waals surface area (Å²) < 4.78 is 3.33. The standard InChI is InChI=1S/C23H29N7O4/c1-4-5-10-29-20-19(21(32)28-23(29)34)30(12-13(2)3)17(27-20)8-9-18(31)24-14-6-7-15-16(11-14)26-22(33)25-15/h6-7,11,13H,4-5,8-10,12H2,1-3H3,(H,24,31)(H2,25,26,33)(H,28,32,34). The van der Waals surface area contributed by atoms with E-state index in [4.69, 9.17) is 0 Å². The van der Waals surface area contributed by atoms with Gasteiger partial charge in [-0.25, -0.2) is 14.6 Å². The van der Waals surface area contributed by atoms with Crippen LogP contribution in [0.25, 0.3) is 22.2 Å². The first-order valence-corrected chi connectivity index (χ1v) is 11.5. The van der Waals surface area contributed by atoms with Crippen LogP contribution in [0, 0.1) is 5.92 Å². The molecule has 4 aromatic rings. The van der Waals surface area contributed by atoms with Crippen molar-refractivity contribution in [3.63, 3.8) is 0 Å². The minimum absolute atomic E-state index is 0.139. The maximum atomic E-state index is 12.7. The summed E-state index contributed by atoms with van der Waals surface area (Å²) in [6.07, 6.45) is 2.12. The summed E-state index contributed by atoms with van der Waals surface area (Å²) in [5.74, 6) is 0.596. The fourth-order valence-corrected chi connectivity index (χ4v) is 4.05. The van der Waals surface area contributed by atoms with Crippen LogP contribution in [0.2, 0.25) is 0 Å². The predicted molar refractivity (Wildman–Crippen MR) is 130 cm³/mol. The van der Waals surface area contributed by atoms with Gasteiger partial charge < -0.3 is 19.9 Å². The Morgan fingerprint density at radius 1 is 1.09 bits per heavy atom. The molecule has 3 heterocycles. The van der Waals surface area contributed by atoms with E-state index >= 15 is 0 Å². The number of aromatic amines is 3. The number of hydrogen-bond donors (Lipinski definition) is 4. The number of aromatic nitrogens is 6. The third-order valence-corrected chi connectivity index (χ3v) is 5.62. The van der Waals surface area contributed by atoms with Gasteiger partial charge in [0.2, 0.25) is 5.91 Å². The summed E-state index contributed by atoms with van der Waals surface area (Å²) in [7, 11) is 0. The van der Waals surface area contributed by atoms with Gasteiger partial charge >= 0.3 is 11.4 Å². The van der Waals surface area contributed by atoms with Crippen LogP contribution in [-0.4, -0.2) is 35.0 Å². The lowest BCUT2D eigenvalue weighted by Gasteiger charge is -2.11. The summed E-state index contributed by atoms with van der Waals surface area (Å²) >= 11 is 0. The first kappa shape index (κ1) is 23.3. The summed E-state index contributed by atoms with van der Waals surface area (Å²) in [6, 6.07) is 5.11. The Morgan fingerprint density at radius 3 is 2.59 bits per heavy atom. The number of nitrogens with one attached hydrogen (secondary N) is 4. The average Bonchev–Trinajstić information content (AvgIpc) is 3.31. The topological polar surface area (TPSA) is 150 Å². The van der Waals surface area contributed by atoms with Crippen molar-refractivity contribution >= 4 is 33.8 Å². The van der Waals surface area contributed by atoms with Crippen LogP contribution in [-0.2, 0) is 24.3 Å². The highest BCUT2D eigenvalue weighted by Crippen LogP contribution is 2.18. The molecule has 0 aliphatic carbocycles. The number of anilines is 1. The molecule has 0 unspecified atom stereocenters. The van der Waals surface area contributed by atoms with E-state index in [1.165, 1.54) is 4.57 Å². The molecule has 0 aliphatic heterocycles. The van der Waals surface area contributed by atoms with Crippen molar-refractivity contribution in [2.45, 2.75) is 59.5 Å². The van der Waals surface area contributed by atoms with Gasteiger partial charge in [-0.3, -0.25) is 19.1 Å². The maximum absolute atomic E-state index is 12.7. The fourth-order valence-electron chi connectivity index (χ4n) is 4.05. The molecule has 4 N–H and O–H groups in total. The molecule has 0 radical (unpaired) electrons. The molecule has 0 fully saturated rings. The number of imidazole rings is 2. The molecule has 0 saturated carbocycles.